The highest BCUT2D eigenvalue weighted by molar-refractivity contribution is 5.76. The molecule has 0 spiro atoms. The van der Waals surface area contributed by atoms with Gasteiger partial charge in [-0.25, -0.2) is 0 Å². The summed E-state index contributed by atoms with van der Waals surface area (Å²) in [6, 6.07) is 0.0251. The molecule has 4 N–H and O–H groups in total. The lowest BCUT2D eigenvalue weighted by Gasteiger charge is -2.16. The number of nitrogens with one attached hydrogen (secondary N) is 1. The van der Waals surface area contributed by atoms with Crippen LogP contribution in [-0.2, 0) is 9.59 Å². The Hall–Kier alpha value is -1.10. The number of carboxylic acids is 1. The summed E-state index contributed by atoms with van der Waals surface area (Å²) >= 11 is 0. The van der Waals surface area contributed by atoms with Gasteiger partial charge in [-0.3, -0.25) is 9.59 Å². The molecule has 0 bridgehead atoms. The molecule has 0 aromatic heterocycles. The van der Waals surface area contributed by atoms with E-state index in [2.05, 4.69) is 5.32 Å². The average Bonchev–Trinajstić information content (AvgIpc) is 2.25. The van der Waals surface area contributed by atoms with Gasteiger partial charge in [0.05, 0.1) is 0 Å². The van der Waals surface area contributed by atoms with E-state index in [1.165, 1.54) is 0 Å². The van der Waals surface area contributed by atoms with Gasteiger partial charge in [-0.05, 0) is 32.2 Å². The number of aliphatic carboxylic acids is 1. The maximum absolute atomic E-state index is 11.6. The Labute approximate surface area is 103 Å². The molecule has 17 heavy (non-hydrogen) atoms. The first-order chi connectivity index (χ1) is 7.99. The van der Waals surface area contributed by atoms with Gasteiger partial charge in [-0.2, -0.15) is 0 Å². The summed E-state index contributed by atoms with van der Waals surface area (Å²) in [5.74, 6) is -0.552. The first kappa shape index (κ1) is 15.9. The summed E-state index contributed by atoms with van der Waals surface area (Å²) in [4.78, 5) is 21.9. The van der Waals surface area contributed by atoms with E-state index in [9.17, 15) is 9.59 Å². The van der Waals surface area contributed by atoms with Crippen molar-refractivity contribution in [3.05, 3.63) is 0 Å². The Bertz CT molecular complexity index is 240. The monoisotopic (exact) mass is 244 g/mol. The van der Waals surface area contributed by atoms with Crippen molar-refractivity contribution < 1.29 is 14.7 Å². The fourth-order valence-corrected chi connectivity index (χ4v) is 1.62. The third-order valence-corrected chi connectivity index (χ3v) is 2.82. The van der Waals surface area contributed by atoms with Crippen LogP contribution in [0.25, 0.3) is 0 Å². The third-order valence-electron chi connectivity index (χ3n) is 2.82. The van der Waals surface area contributed by atoms with Gasteiger partial charge in [-0.15, -0.1) is 0 Å². The second-order valence-electron chi connectivity index (χ2n) is 4.47. The quantitative estimate of drug-likeness (QED) is 0.566. The predicted molar refractivity (Wildman–Crippen MR) is 66.5 cm³/mol. The summed E-state index contributed by atoms with van der Waals surface area (Å²) in [6.07, 6.45) is 2.79. The van der Waals surface area contributed by atoms with Gasteiger partial charge in [0.15, 0.2) is 0 Å². The molecule has 1 amide bonds. The topological polar surface area (TPSA) is 92.4 Å². The van der Waals surface area contributed by atoms with Crippen LogP contribution in [0.5, 0.6) is 0 Å². The minimum Gasteiger partial charge on any atom is -0.481 e. The van der Waals surface area contributed by atoms with Crippen molar-refractivity contribution in [1.29, 1.82) is 0 Å². The number of amides is 1. The number of carboxylic acid groups (broad SMARTS) is 1. The van der Waals surface area contributed by atoms with Gasteiger partial charge >= 0.3 is 5.97 Å². The molecule has 0 fully saturated rings. The van der Waals surface area contributed by atoms with Gasteiger partial charge in [0.2, 0.25) is 5.91 Å². The summed E-state index contributed by atoms with van der Waals surface area (Å²) in [5.41, 5.74) is 5.53. The van der Waals surface area contributed by atoms with Crippen molar-refractivity contribution in [3.63, 3.8) is 0 Å². The summed E-state index contributed by atoms with van der Waals surface area (Å²) < 4.78 is 0. The Morgan fingerprint density at radius 2 is 2.06 bits per heavy atom. The first-order valence-corrected chi connectivity index (χ1v) is 6.20. The summed E-state index contributed by atoms with van der Waals surface area (Å²) in [5, 5.41) is 11.4. The molecule has 0 aromatic rings. The van der Waals surface area contributed by atoms with Crippen LogP contribution in [0.1, 0.15) is 46.0 Å². The van der Waals surface area contributed by atoms with Gasteiger partial charge in [0.1, 0.15) is 0 Å². The molecule has 2 unspecified atom stereocenters. The highest BCUT2D eigenvalue weighted by Crippen LogP contribution is 2.07. The van der Waals surface area contributed by atoms with E-state index in [0.29, 0.717) is 25.8 Å². The standard InChI is InChI=1S/C12H24N2O3/c1-3-10(8-13)7-11(15)14-9(2)5-4-6-12(16)17/h9-10H,3-8,13H2,1-2H3,(H,14,15)(H,16,17). The van der Waals surface area contributed by atoms with Crippen LogP contribution in [0.2, 0.25) is 0 Å². The maximum Gasteiger partial charge on any atom is 0.303 e. The third kappa shape index (κ3) is 8.68. The van der Waals surface area contributed by atoms with Crippen LogP contribution in [0.3, 0.4) is 0 Å². The fraction of sp³-hybridized carbons (Fsp3) is 0.833. The molecule has 0 aliphatic rings. The normalized spacial score (nSPS) is 14.1. The fourth-order valence-electron chi connectivity index (χ4n) is 1.62. The minimum absolute atomic E-state index is 0.00475. The number of hydrogen-bond donors (Lipinski definition) is 3. The molecule has 100 valence electrons. The second-order valence-corrected chi connectivity index (χ2v) is 4.47. The van der Waals surface area contributed by atoms with E-state index in [4.69, 9.17) is 10.8 Å². The first-order valence-electron chi connectivity index (χ1n) is 6.20. The molecule has 0 saturated heterocycles. The number of hydrogen-bond acceptors (Lipinski definition) is 3. The van der Waals surface area contributed by atoms with Crippen LogP contribution < -0.4 is 11.1 Å². The molecular weight excluding hydrogens is 220 g/mol. The summed E-state index contributed by atoms with van der Waals surface area (Å²) in [7, 11) is 0. The lowest BCUT2D eigenvalue weighted by Crippen LogP contribution is -2.34. The van der Waals surface area contributed by atoms with Crippen LogP contribution in [0.15, 0.2) is 0 Å². The summed E-state index contributed by atoms with van der Waals surface area (Å²) in [6.45, 7) is 4.43. The molecule has 0 aliphatic carbocycles. The van der Waals surface area contributed by atoms with E-state index in [0.717, 1.165) is 6.42 Å². The van der Waals surface area contributed by atoms with Crippen LogP contribution in [0.4, 0.5) is 0 Å². The molecule has 0 aliphatic heterocycles. The van der Waals surface area contributed by atoms with Crippen LogP contribution >= 0.6 is 0 Å². The van der Waals surface area contributed by atoms with E-state index in [1.807, 2.05) is 13.8 Å². The average molecular weight is 244 g/mol. The molecule has 5 nitrogen and oxygen atoms in total. The predicted octanol–water partition coefficient (Wildman–Crippen LogP) is 1.12. The van der Waals surface area contributed by atoms with Crippen molar-refractivity contribution in [3.8, 4) is 0 Å². The molecule has 0 saturated carbocycles. The SMILES string of the molecule is CCC(CN)CC(=O)NC(C)CCCC(=O)O. The molecule has 0 radical (unpaired) electrons. The second kappa shape index (κ2) is 8.98. The zero-order chi connectivity index (χ0) is 13.3. The van der Waals surface area contributed by atoms with Gasteiger partial charge in [0.25, 0.3) is 0 Å². The van der Waals surface area contributed by atoms with E-state index < -0.39 is 5.97 Å². The zero-order valence-corrected chi connectivity index (χ0v) is 10.7. The largest absolute Gasteiger partial charge is 0.481 e. The Balaban J connectivity index is 3.75. The molecule has 5 heteroatoms. The van der Waals surface area contributed by atoms with Gasteiger partial charge in [0, 0.05) is 18.9 Å². The number of rotatable bonds is 9. The molecule has 0 heterocycles. The number of carbonyl (C=O) groups is 2. The molecule has 0 rings (SSSR count). The van der Waals surface area contributed by atoms with Crippen molar-refractivity contribution in [1.82, 2.24) is 5.32 Å². The Morgan fingerprint density at radius 3 is 2.53 bits per heavy atom. The molecule has 2 atom stereocenters. The van der Waals surface area contributed by atoms with Crippen molar-refractivity contribution in [2.24, 2.45) is 11.7 Å². The van der Waals surface area contributed by atoms with Crippen LogP contribution in [0, 0.1) is 5.92 Å². The van der Waals surface area contributed by atoms with Crippen molar-refractivity contribution >= 4 is 11.9 Å². The van der Waals surface area contributed by atoms with E-state index in [1.54, 1.807) is 0 Å². The van der Waals surface area contributed by atoms with Gasteiger partial charge in [-0.1, -0.05) is 13.3 Å². The lowest BCUT2D eigenvalue weighted by molar-refractivity contribution is -0.137. The lowest BCUT2D eigenvalue weighted by atomic mass is 10.0. The van der Waals surface area contributed by atoms with E-state index in [-0.39, 0.29) is 24.3 Å². The maximum atomic E-state index is 11.6. The molecular formula is C12H24N2O3. The Kier molecular flexibility index (Phi) is 8.40. The Morgan fingerprint density at radius 1 is 1.41 bits per heavy atom. The minimum atomic E-state index is -0.794. The van der Waals surface area contributed by atoms with Gasteiger partial charge < -0.3 is 16.2 Å². The van der Waals surface area contributed by atoms with Crippen molar-refractivity contribution in [2.45, 2.75) is 52.0 Å². The highest BCUT2D eigenvalue weighted by atomic mass is 16.4. The number of carbonyl (C=O) groups excluding carboxylic acids is 1. The van der Waals surface area contributed by atoms with E-state index >= 15 is 0 Å². The highest BCUT2D eigenvalue weighted by Gasteiger charge is 2.12. The number of nitrogens with two attached hydrogens (primary N) is 1. The zero-order valence-electron chi connectivity index (χ0n) is 10.7. The van der Waals surface area contributed by atoms with Crippen LogP contribution in [-0.4, -0.2) is 29.6 Å². The van der Waals surface area contributed by atoms with Crippen molar-refractivity contribution in [2.75, 3.05) is 6.54 Å². The molecule has 0 aromatic carbocycles. The smallest absolute Gasteiger partial charge is 0.303 e.